The highest BCUT2D eigenvalue weighted by Gasteiger charge is 2.11. The average Bonchev–Trinajstić information content (AvgIpc) is 2.32. The molecule has 0 saturated carbocycles. The zero-order valence-electron chi connectivity index (χ0n) is 9.15. The number of aromatic hydroxyl groups is 1. The lowest BCUT2D eigenvalue weighted by Crippen LogP contribution is -2.12. The molecule has 3 nitrogen and oxygen atoms in total. The van der Waals surface area contributed by atoms with Crippen molar-refractivity contribution in [3.8, 4) is 5.75 Å². The third-order valence-electron chi connectivity index (χ3n) is 2.28. The van der Waals surface area contributed by atoms with E-state index < -0.39 is 5.91 Å². The summed E-state index contributed by atoms with van der Waals surface area (Å²) in [5, 5.41) is 12.8. The van der Waals surface area contributed by atoms with E-state index in [1.54, 1.807) is 24.3 Å². The molecule has 92 valence electrons. The Bertz CT molecular complexity index is 599. The van der Waals surface area contributed by atoms with Gasteiger partial charge in [0.15, 0.2) is 0 Å². The predicted molar refractivity (Wildman–Crippen MR) is 72.5 cm³/mol. The van der Waals surface area contributed by atoms with Crippen molar-refractivity contribution in [1.29, 1.82) is 0 Å². The minimum absolute atomic E-state index is 0.0179. The Hall–Kier alpha value is -1.71. The van der Waals surface area contributed by atoms with Crippen LogP contribution in [0.1, 0.15) is 10.4 Å². The summed E-state index contributed by atoms with van der Waals surface area (Å²) in [6.45, 7) is 0. The molecule has 0 saturated heterocycles. The van der Waals surface area contributed by atoms with E-state index in [4.69, 9.17) is 23.2 Å². The van der Waals surface area contributed by atoms with Crippen LogP contribution >= 0.6 is 23.2 Å². The van der Waals surface area contributed by atoms with E-state index in [2.05, 4.69) is 5.32 Å². The Morgan fingerprint density at radius 3 is 2.61 bits per heavy atom. The zero-order valence-corrected chi connectivity index (χ0v) is 10.7. The van der Waals surface area contributed by atoms with Gasteiger partial charge >= 0.3 is 0 Å². The topological polar surface area (TPSA) is 49.3 Å². The van der Waals surface area contributed by atoms with Crippen LogP contribution in [0.3, 0.4) is 0 Å². The first kappa shape index (κ1) is 12.7. The number of hydrogen-bond acceptors (Lipinski definition) is 2. The fourth-order valence-corrected chi connectivity index (χ4v) is 1.85. The Balaban J connectivity index is 2.24. The molecule has 0 spiro atoms. The molecule has 2 aromatic rings. The molecule has 0 radical (unpaired) electrons. The molecule has 2 aromatic carbocycles. The number of halogens is 2. The number of hydrogen-bond donors (Lipinski definition) is 2. The van der Waals surface area contributed by atoms with Crippen molar-refractivity contribution in [1.82, 2.24) is 0 Å². The summed E-state index contributed by atoms with van der Waals surface area (Å²) in [4.78, 5) is 11.9. The molecule has 0 aliphatic rings. The summed E-state index contributed by atoms with van der Waals surface area (Å²) < 4.78 is 0. The second kappa shape index (κ2) is 5.29. The van der Waals surface area contributed by atoms with Gasteiger partial charge in [-0.25, -0.2) is 0 Å². The molecular formula is C13H9Cl2NO2. The van der Waals surface area contributed by atoms with E-state index in [0.717, 1.165) is 0 Å². The molecule has 0 atom stereocenters. The molecular weight excluding hydrogens is 273 g/mol. The fraction of sp³-hybridized carbons (Fsp3) is 0. The van der Waals surface area contributed by atoms with E-state index >= 15 is 0 Å². The summed E-state index contributed by atoms with van der Waals surface area (Å²) in [6, 6.07) is 10.9. The Morgan fingerprint density at radius 2 is 1.89 bits per heavy atom. The lowest BCUT2D eigenvalue weighted by Gasteiger charge is -2.07. The standard InChI is InChI=1S/C13H9Cl2NO2/c14-8-2-1-3-9(6-8)16-13(18)11-7-10(17)4-5-12(11)15/h1-7,17H,(H,16,18). The number of carbonyl (C=O) groups excluding carboxylic acids is 1. The first-order chi connectivity index (χ1) is 8.56. The number of anilines is 1. The molecule has 0 bridgehead atoms. The molecule has 0 heterocycles. The van der Waals surface area contributed by atoms with Gasteiger partial charge in [0.2, 0.25) is 0 Å². The average molecular weight is 282 g/mol. The molecule has 5 heteroatoms. The van der Waals surface area contributed by atoms with Gasteiger partial charge in [-0.15, -0.1) is 0 Å². The second-order valence-electron chi connectivity index (χ2n) is 3.63. The maximum Gasteiger partial charge on any atom is 0.257 e. The fourth-order valence-electron chi connectivity index (χ4n) is 1.45. The summed E-state index contributed by atoms with van der Waals surface area (Å²) in [6.07, 6.45) is 0. The Labute approximate surface area is 114 Å². The van der Waals surface area contributed by atoms with Crippen molar-refractivity contribution >= 4 is 34.8 Å². The number of amides is 1. The smallest absolute Gasteiger partial charge is 0.257 e. The van der Waals surface area contributed by atoms with Crippen LogP contribution in [0, 0.1) is 0 Å². The van der Waals surface area contributed by atoms with Crippen molar-refractivity contribution in [3.63, 3.8) is 0 Å². The number of carbonyl (C=O) groups is 1. The number of benzene rings is 2. The van der Waals surface area contributed by atoms with E-state index in [9.17, 15) is 9.90 Å². The maximum absolute atomic E-state index is 11.9. The summed E-state index contributed by atoms with van der Waals surface area (Å²) in [5.74, 6) is -0.422. The van der Waals surface area contributed by atoms with Gasteiger partial charge in [0.1, 0.15) is 5.75 Å². The quantitative estimate of drug-likeness (QED) is 0.876. The van der Waals surface area contributed by atoms with E-state index in [1.807, 2.05) is 0 Å². The summed E-state index contributed by atoms with van der Waals surface area (Å²) in [7, 11) is 0. The summed E-state index contributed by atoms with van der Waals surface area (Å²) >= 11 is 11.7. The van der Waals surface area contributed by atoms with Gasteiger partial charge in [-0.05, 0) is 36.4 Å². The predicted octanol–water partition coefficient (Wildman–Crippen LogP) is 3.95. The number of phenolic OH excluding ortho intramolecular Hbond substituents is 1. The van der Waals surface area contributed by atoms with Gasteiger partial charge in [-0.3, -0.25) is 4.79 Å². The van der Waals surface area contributed by atoms with Crippen molar-refractivity contribution in [2.24, 2.45) is 0 Å². The van der Waals surface area contributed by atoms with Crippen LogP contribution in [-0.4, -0.2) is 11.0 Å². The highest BCUT2D eigenvalue weighted by Crippen LogP contribution is 2.23. The first-order valence-corrected chi connectivity index (χ1v) is 5.87. The molecule has 0 aliphatic heterocycles. The maximum atomic E-state index is 11.9. The Kier molecular flexibility index (Phi) is 3.75. The molecule has 0 aliphatic carbocycles. The number of nitrogens with one attached hydrogen (secondary N) is 1. The molecule has 0 fully saturated rings. The van der Waals surface area contributed by atoms with Gasteiger partial charge in [0.25, 0.3) is 5.91 Å². The highest BCUT2D eigenvalue weighted by atomic mass is 35.5. The lowest BCUT2D eigenvalue weighted by atomic mass is 10.2. The van der Waals surface area contributed by atoms with Crippen LogP contribution in [0.25, 0.3) is 0 Å². The highest BCUT2D eigenvalue weighted by molar-refractivity contribution is 6.34. The molecule has 0 aromatic heterocycles. The second-order valence-corrected chi connectivity index (χ2v) is 4.47. The van der Waals surface area contributed by atoms with E-state index in [1.165, 1.54) is 18.2 Å². The van der Waals surface area contributed by atoms with Crippen molar-refractivity contribution in [2.45, 2.75) is 0 Å². The van der Waals surface area contributed by atoms with Gasteiger partial charge in [-0.1, -0.05) is 29.3 Å². The number of phenols is 1. The lowest BCUT2D eigenvalue weighted by molar-refractivity contribution is 0.102. The van der Waals surface area contributed by atoms with Gasteiger partial charge in [-0.2, -0.15) is 0 Å². The van der Waals surface area contributed by atoms with Gasteiger partial charge < -0.3 is 10.4 Å². The third kappa shape index (κ3) is 2.94. The van der Waals surface area contributed by atoms with Crippen LogP contribution in [0.4, 0.5) is 5.69 Å². The van der Waals surface area contributed by atoms with Crippen LogP contribution in [0.5, 0.6) is 5.75 Å². The normalized spacial score (nSPS) is 10.1. The SMILES string of the molecule is O=C(Nc1cccc(Cl)c1)c1cc(O)ccc1Cl. The summed E-state index contributed by atoms with van der Waals surface area (Å²) in [5.41, 5.74) is 0.767. The monoisotopic (exact) mass is 281 g/mol. The Morgan fingerprint density at radius 1 is 1.11 bits per heavy atom. The van der Waals surface area contributed by atoms with Crippen LogP contribution in [0.2, 0.25) is 10.0 Å². The molecule has 0 unspecified atom stereocenters. The van der Waals surface area contributed by atoms with Crippen molar-refractivity contribution < 1.29 is 9.90 Å². The van der Waals surface area contributed by atoms with E-state index in [0.29, 0.717) is 10.7 Å². The van der Waals surface area contributed by atoms with Crippen LogP contribution in [-0.2, 0) is 0 Å². The van der Waals surface area contributed by atoms with Crippen LogP contribution in [0.15, 0.2) is 42.5 Å². The van der Waals surface area contributed by atoms with Crippen LogP contribution < -0.4 is 5.32 Å². The molecule has 2 N–H and O–H groups in total. The minimum atomic E-state index is -0.404. The van der Waals surface area contributed by atoms with Gasteiger partial charge in [0.05, 0.1) is 10.6 Å². The molecule has 1 amide bonds. The third-order valence-corrected chi connectivity index (χ3v) is 2.84. The first-order valence-electron chi connectivity index (χ1n) is 5.12. The van der Waals surface area contributed by atoms with E-state index in [-0.39, 0.29) is 16.3 Å². The molecule has 2 rings (SSSR count). The zero-order chi connectivity index (χ0) is 13.1. The largest absolute Gasteiger partial charge is 0.508 e. The van der Waals surface area contributed by atoms with Crippen molar-refractivity contribution in [2.75, 3.05) is 5.32 Å². The van der Waals surface area contributed by atoms with Gasteiger partial charge in [0, 0.05) is 10.7 Å². The minimum Gasteiger partial charge on any atom is -0.508 e. The number of rotatable bonds is 2. The van der Waals surface area contributed by atoms with Crippen molar-refractivity contribution in [3.05, 3.63) is 58.1 Å². The molecule has 18 heavy (non-hydrogen) atoms.